The van der Waals surface area contributed by atoms with E-state index in [0.717, 1.165) is 33.3 Å². The molecule has 0 radical (unpaired) electrons. The lowest BCUT2D eigenvalue weighted by atomic mass is 9.94. The minimum absolute atomic E-state index is 0.0156. The summed E-state index contributed by atoms with van der Waals surface area (Å²) in [7, 11) is 0. The molecule has 6 nitrogen and oxygen atoms in total. The summed E-state index contributed by atoms with van der Waals surface area (Å²) in [5.41, 5.74) is 12.3. The number of aromatic nitrogens is 1. The van der Waals surface area contributed by atoms with Crippen LogP contribution in [0.25, 0.3) is 21.3 Å². The highest BCUT2D eigenvalue weighted by Gasteiger charge is 2.27. The van der Waals surface area contributed by atoms with Gasteiger partial charge in [-0.25, -0.2) is 4.98 Å². The number of thiophene rings is 1. The van der Waals surface area contributed by atoms with E-state index >= 15 is 0 Å². The van der Waals surface area contributed by atoms with Gasteiger partial charge in [-0.2, -0.15) is 0 Å². The van der Waals surface area contributed by atoms with Crippen molar-refractivity contribution >= 4 is 60.7 Å². The predicted molar refractivity (Wildman–Crippen MR) is 153 cm³/mol. The van der Waals surface area contributed by atoms with Crippen LogP contribution in [0.3, 0.4) is 0 Å². The Morgan fingerprint density at radius 1 is 1.08 bits per heavy atom. The predicted octanol–water partition coefficient (Wildman–Crippen LogP) is 7.01. The molecule has 2 aromatic heterocycles. The van der Waals surface area contributed by atoms with Crippen LogP contribution < -0.4 is 16.4 Å². The number of benzene rings is 2. The molecule has 2 amide bonds. The molecule has 186 valence electrons. The van der Waals surface area contributed by atoms with E-state index in [0.29, 0.717) is 37.6 Å². The van der Waals surface area contributed by atoms with Crippen LogP contribution in [-0.4, -0.2) is 22.8 Å². The van der Waals surface area contributed by atoms with Crippen molar-refractivity contribution in [2.24, 2.45) is 0 Å². The number of amides is 2. The molecule has 4 N–H and O–H groups in total. The molecule has 0 fully saturated rings. The molecule has 0 aliphatic carbocycles. The van der Waals surface area contributed by atoms with E-state index in [2.05, 4.69) is 26.6 Å². The van der Waals surface area contributed by atoms with Gasteiger partial charge in [0.2, 0.25) is 0 Å². The quantitative estimate of drug-likeness (QED) is 0.234. The number of nitrogens with two attached hydrogens (primary N) is 1. The molecule has 0 aliphatic heterocycles. The number of pyridine rings is 1. The molecule has 0 bridgehead atoms. The third-order valence-electron chi connectivity index (χ3n) is 6.24. The topological polar surface area (TPSA) is 97.1 Å². The molecule has 4 aromatic rings. The van der Waals surface area contributed by atoms with Crippen molar-refractivity contribution in [3.63, 3.8) is 0 Å². The third-order valence-corrected chi connectivity index (χ3v) is 7.87. The number of anilines is 2. The molecule has 0 unspecified atom stereocenters. The highest BCUT2D eigenvalue weighted by atomic mass is 79.9. The zero-order chi connectivity index (χ0) is 26.1. The molecular formula is C28H29BrN4O2S. The highest BCUT2D eigenvalue weighted by Crippen LogP contribution is 2.42. The fraction of sp³-hybridized carbons (Fsp3) is 0.250. The second-order valence-corrected chi connectivity index (χ2v) is 10.9. The molecule has 36 heavy (non-hydrogen) atoms. The van der Waals surface area contributed by atoms with Crippen LogP contribution in [0.2, 0.25) is 0 Å². The largest absolute Gasteiger partial charge is 0.397 e. The van der Waals surface area contributed by atoms with Crippen LogP contribution in [0.4, 0.5) is 11.4 Å². The maximum Gasteiger partial charge on any atom is 0.263 e. The Morgan fingerprint density at radius 3 is 2.42 bits per heavy atom. The van der Waals surface area contributed by atoms with Gasteiger partial charge >= 0.3 is 0 Å². The monoisotopic (exact) mass is 564 g/mol. The van der Waals surface area contributed by atoms with Crippen molar-refractivity contribution < 1.29 is 9.59 Å². The SMILES string of the molecule is CC[C@@H](C)NC(=O)c1sc2nc(C)c(C(=O)Nc3ccc(C)cc3C)c(-c3ccc(Br)cc3)c2c1N. The number of halogens is 1. The lowest BCUT2D eigenvalue weighted by molar-refractivity contribution is 0.0943. The van der Waals surface area contributed by atoms with Crippen molar-refractivity contribution in [3.05, 3.63) is 74.2 Å². The lowest BCUT2D eigenvalue weighted by Gasteiger charge is -2.16. The fourth-order valence-corrected chi connectivity index (χ4v) is 5.47. The normalized spacial score (nSPS) is 11.9. The Hall–Kier alpha value is -3.23. The molecule has 2 aromatic carbocycles. The molecule has 2 heterocycles. The van der Waals surface area contributed by atoms with Gasteiger partial charge in [0.05, 0.1) is 16.9 Å². The van der Waals surface area contributed by atoms with Crippen molar-refractivity contribution in [2.45, 2.75) is 47.1 Å². The van der Waals surface area contributed by atoms with E-state index in [9.17, 15) is 9.59 Å². The highest BCUT2D eigenvalue weighted by molar-refractivity contribution is 9.10. The minimum Gasteiger partial charge on any atom is -0.397 e. The number of carbonyl (C=O) groups excluding carboxylic acids is 2. The van der Waals surface area contributed by atoms with Gasteiger partial charge in [-0.1, -0.05) is 52.7 Å². The van der Waals surface area contributed by atoms with Gasteiger partial charge in [-0.15, -0.1) is 11.3 Å². The smallest absolute Gasteiger partial charge is 0.263 e. The number of aryl methyl sites for hydroxylation is 3. The summed E-state index contributed by atoms with van der Waals surface area (Å²) in [6.45, 7) is 9.75. The average Bonchev–Trinajstić information content (AvgIpc) is 3.16. The van der Waals surface area contributed by atoms with Crippen molar-refractivity contribution in [2.75, 3.05) is 11.1 Å². The molecule has 1 atom stereocenters. The van der Waals surface area contributed by atoms with E-state index in [-0.39, 0.29) is 17.9 Å². The molecule has 4 rings (SSSR count). The van der Waals surface area contributed by atoms with Gasteiger partial charge in [0.15, 0.2) is 0 Å². The lowest BCUT2D eigenvalue weighted by Crippen LogP contribution is -2.31. The van der Waals surface area contributed by atoms with Crippen LogP contribution in [0.1, 0.15) is 57.1 Å². The van der Waals surface area contributed by atoms with E-state index in [1.165, 1.54) is 11.3 Å². The first-order valence-electron chi connectivity index (χ1n) is 11.8. The van der Waals surface area contributed by atoms with Gasteiger partial charge in [-0.05, 0) is 63.4 Å². The Kier molecular flexibility index (Phi) is 7.47. The molecular weight excluding hydrogens is 536 g/mol. The van der Waals surface area contributed by atoms with Gasteiger partial charge in [0.1, 0.15) is 9.71 Å². The Labute approximate surface area is 223 Å². The molecule has 0 saturated heterocycles. The number of nitrogens with one attached hydrogen (secondary N) is 2. The van der Waals surface area contributed by atoms with Crippen LogP contribution >= 0.6 is 27.3 Å². The first-order chi connectivity index (χ1) is 17.1. The zero-order valence-electron chi connectivity index (χ0n) is 21.0. The number of carbonyl (C=O) groups is 2. The average molecular weight is 566 g/mol. The van der Waals surface area contributed by atoms with Crippen molar-refractivity contribution in [1.82, 2.24) is 10.3 Å². The van der Waals surface area contributed by atoms with Crippen LogP contribution in [-0.2, 0) is 0 Å². The number of hydrogen-bond donors (Lipinski definition) is 3. The second kappa shape index (κ2) is 10.4. The number of hydrogen-bond acceptors (Lipinski definition) is 5. The summed E-state index contributed by atoms with van der Waals surface area (Å²) in [5.74, 6) is -0.506. The summed E-state index contributed by atoms with van der Waals surface area (Å²) < 4.78 is 0.918. The number of nitrogen functional groups attached to an aromatic ring is 1. The van der Waals surface area contributed by atoms with E-state index in [1.54, 1.807) is 0 Å². The van der Waals surface area contributed by atoms with E-state index < -0.39 is 0 Å². The van der Waals surface area contributed by atoms with Crippen molar-refractivity contribution in [3.8, 4) is 11.1 Å². The van der Waals surface area contributed by atoms with Gasteiger partial charge < -0.3 is 16.4 Å². The summed E-state index contributed by atoms with van der Waals surface area (Å²) in [4.78, 5) is 32.5. The first kappa shape index (κ1) is 25.9. The maximum atomic E-state index is 13.7. The minimum atomic E-state index is -0.275. The Morgan fingerprint density at radius 2 is 1.78 bits per heavy atom. The first-order valence-corrected chi connectivity index (χ1v) is 13.4. The number of rotatable bonds is 6. The van der Waals surface area contributed by atoms with Crippen LogP contribution in [0, 0.1) is 20.8 Å². The van der Waals surface area contributed by atoms with Gasteiger partial charge in [0, 0.05) is 27.2 Å². The maximum absolute atomic E-state index is 13.7. The number of nitrogens with zero attached hydrogens (tertiary/aromatic N) is 1. The van der Waals surface area contributed by atoms with Crippen LogP contribution in [0.15, 0.2) is 46.9 Å². The zero-order valence-corrected chi connectivity index (χ0v) is 23.4. The van der Waals surface area contributed by atoms with Crippen LogP contribution in [0.5, 0.6) is 0 Å². The Balaban J connectivity index is 1.93. The Bertz CT molecular complexity index is 1480. The molecule has 0 aliphatic rings. The number of fused-ring (bicyclic) bond motifs is 1. The van der Waals surface area contributed by atoms with E-state index in [4.69, 9.17) is 10.7 Å². The summed E-state index contributed by atoms with van der Waals surface area (Å²) in [6, 6.07) is 13.6. The molecule has 0 saturated carbocycles. The van der Waals surface area contributed by atoms with Gasteiger partial charge in [-0.3, -0.25) is 9.59 Å². The summed E-state index contributed by atoms with van der Waals surface area (Å²) >= 11 is 4.74. The second-order valence-electron chi connectivity index (χ2n) is 9.03. The summed E-state index contributed by atoms with van der Waals surface area (Å²) in [5, 5.41) is 6.67. The van der Waals surface area contributed by atoms with E-state index in [1.807, 2.05) is 77.1 Å². The van der Waals surface area contributed by atoms with Crippen molar-refractivity contribution in [1.29, 1.82) is 0 Å². The third kappa shape index (κ3) is 5.01. The molecule has 8 heteroatoms. The summed E-state index contributed by atoms with van der Waals surface area (Å²) in [6.07, 6.45) is 0.806. The van der Waals surface area contributed by atoms with Gasteiger partial charge in [0.25, 0.3) is 11.8 Å². The fourth-order valence-electron chi connectivity index (χ4n) is 4.15. The molecule has 0 spiro atoms. The standard InChI is InChI=1S/C28H29BrN4O2S/c1-6-16(4)31-27(35)25-24(30)23-22(18-8-10-19(29)11-9-18)21(17(5)32-28(23)36-25)26(34)33-20-12-7-14(2)13-15(20)3/h7-13,16H,6,30H2,1-5H3,(H,31,35)(H,33,34)/t16-/m1/s1.